The number of nitrogens with one attached hydrogen (secondary N) is 2. The Balaban J connectivity index is 1.90. The largest absolute Gasteiger partial charge is 0.434 e. The molecular weight excluding hydrogens is 549 g/mol. The second-order valence-electron chi connectivity index (χ2n) is 9.93. The van der Waals surface area contributed by atoms with Gasteiger partial charge in [0, 0.05) is 31.4 Å². The maximum absolute atomic E-state index is 13.3. The number of pyridine rings is 1. The summed E-state index contributed by atoms with van der Waals surface area (Å²) in [5.74, 6) is -0.660. The minimum Gasteiger partial charge on any atom is -0.434 e. The van der Waals surface area contributed by atoms with Gasteiger partial charge in [0.05, 0.1) is 28.3 Å². The second-order valence-corrected chi connectivity index (χ2v) is 10.3. The van der Waals surface area contributed by atoms with Crippen LogP contribution in [-0.2, 0) is 6.54 Å². The van der Waals surface area contributed by atoms with Gasteiger partial charge in [-0.2, -0.15) is 27.1 Å². The molecule has 14 heteroatoms. The third-order valence-electron chi connectivity index (χ3n) is 6.85. The van der Waals surface area contributed by atoms with Crippen molar-refractivity contribution < 1.29 is 36.6 Å². The summed E-state index contributed by atoms with van der Waals surface area (Å²) in [7, 11) is 0. The molecule has 1 fully saturated rings. The predicted molar refractivity (Wildman–Crippen MR) is 136 cm³/mol. The van der Waals surface area contributed by atoms with E-state index in [0.717, 1.165) is 25.1 Å². The zero-order valence-corrected chi connectivity index (χ0v) is 22.7. The van der Waals surface area contributed by atoms with Crippen molar-refractivity contribution in [1.29, 1.82) is 0 Å². The molecule has 2 aromatic heterocycles. The van der Waals surface area contributed by atoms with Gasteiger partial charge in [-0.1, -0.05) is 25.4 Å². The third kappa shape index (κ3) is 8.17. The Morgan fingerprint density at radius 2 is 1.97 bits per heavy atom. The molecule has 2 aromatic rings. The van der Waals surface area contributed by atoms with E-state index in [1.807, 2.05) is 0 Å². The molecule has 8 nitrogen and oxygen atoms in total. The smallest absolute Gasteiger partial charge is 0.391 e. The van der Waals surface area contributed by atoms with Crippen molar-refractivity contribution in [3.8, 4) is 17.0 Å². The Hall–Kier alpha value is -2.67. The van der Waals surface area contributed by atoms with Gasteiger partial charge in [-0.15, -0.1) is 0 Å². The predicted octanol–water partition coefficient (Wildman–Crippen LogP) is 6.03. The van der Waals surface area contributed by atoms with Gasteiger partial charge >= 0.3 is 12.8 Å². The van der Waals surface area contributed by atoms with Crippen molar-refractivity contribution in [2.24, 2.45) is 5.92 Å². The summed E-state index contributed by atoms with van der Waals surface area (Å²) in [6.07, 6.45) is -1.59. The van der Waals surface area contributed by atoms with E-state index in [1.165, 1.54) is 4.68 Å². The lowest BCUT2D eigenvalue weighted by molar-refractivity contribution is -0.137. The number of hydrogen-bond donors (Lipinski definition) is 3. The van der Waals surface area contributed by atoms with E-state index in [-0.39, 0.29) is 47.3 Å². The molecule has 1 saturated carbocycles. The highest BCUT2D eigenvalue weighted by atomic mass is 35.5. The van der Waals surface area contributed by atoms with Gasteiger partial charge in [0.2, 0.25) is 0 Å². The number of hydrogen-bond acceptors (Lipinski definition) is 6. The molecule has 1 aliphatic carbocycles. The van der Waals surface area contributed by atoms with Crippen LogP contribution in [0.5, 0.6) is 5.75 Å². The third-order valence-corrected chi connectivity index (χ3v) is 7.21. The molecule has 1 atom stereocenters. The van der Waals surface area contributed by atoms with Gasteiger partial charge in [0.1, 0.15) is 11.6 Å². The number of halogens is 6. The molecule has 1 unspecified atom stereocenters. The van der Waals surface area contributed by atoms with Gasteiger partial charge in [-0.3, -0.25) is 9.48 Å². The first-order valence-electron chi connectivity index (χ1n) is 12.8. The molecule has 39 heavy (non-hydrogen) atoms. The number of carbonyl (C=O) groups excluding carboxylic acids is 1. The van der Waals surface area contributed by atoms with Crippen molar-refractivity contribution in [2.75, 3.05) is 11.9 Å². The molecule has 0 radical (unpaired) electrons. The fourth-order valence-electron chi connectivity index (χ4n) is 4.55. The number of anilines is 1. The molecular formula is C25H33ClF5N5O3. The molecule has 0 saturated heterocycles. The van der Waals surface area contributed by atoms with Crippen LogP contribution in [0.3, 0.4) is 0 Å². The topological polar surface area (TPSA) is 101 Å². The molecule has 0 aromatic carbocycles. The van der Waals surface area contributed by atoms with Crippen LogP contribution in [0, 0.1) is 5.92 Å². The van der Waals surface area contributed by atoms with Crippen molar-refractivity contribution in [1.82, 2.24) is 20.1 Å². The average Bonchev–Trinajstić information content (AvgIpc) is 3.19. The van der Waals surface area contributed by atoms with Crippen molar-refractivity contribution >= 4 is 23.3 Å². The van der Waals surface area contributed by atoms with Crippen LogP contribution >= 0.6 is 11.6 Å². The number of aryl methyl sites for hydroxylation is 1. The zero-order chi connectivity index (χ0) is 29.0. The molecule has 3 N–H and O–H groups in total. The maximum atomic E-state index is 13.3. The van der Waals surface area contributed by atoms with E-state index in [1.54, 1.807) is 13.8 Å². The number of nitrogens with zero attached hydrogens (tertiary/aromatic N) is 3. The first-order chi connectivity index (χ1) is 18.2. The number of rotatable bonds is 11. The Kier molecular flexibility index (Phi) is 10.0. The van der Waals surface area contributed by atoms with Crippen LogP contribution in [0.15, 0.2) is 12.3 Å². The molecule has 218 valence electrons. The minimum atomic E-state index is -4.43. The van der Waals surface area contributed by atoms with Crippen LogP contribution in [0.25, 0.3) is 11.3 Å². The van der Waals surface area contributed by atoms with Gasteiger partial charge in [0.25, 0.3) is 5.91 Å². The molecule has 2 heterocycles. The van der Waals surface area contributed by atoms with E-state index in [9.17, 15) is 31.9 Å². The summed E-state index contributed by atoms with van der Waals surface area (Å²) in [5.41, 5.74) is -1.17. The standard InChI is InChI=1S/C25H33ClF5N5O3/c1-4-15(11-25(29,30)31)34-18-10-17(39-23(27)28)16(12-32-18)21-19(26)20(35-36(21)5-2)22(37)33-13-24(38)8-6-14(3)7-9-24/h10,12,14-15,23,38H,4-9,11,13H2,1-3H3,(H,32,34)(H,33,37). The van der Waals surface area contributed by atoms with Crippen molar-refractivity contribution in [3.05, 3.63) is 23.0 Å². The number of carbonyl (C=O) groups is 1. The highest BCUT2D eigenvalue weighted by Crippen LogP contribution is 2.39. The Labute approximate surface area is 228 Å². The molecule has 0 spiro atoms. The summed E-state index contributed by atoms with van der Waals surface area (Å²) in [6, 6.07) is 0.0217. The van der Waals surface area contributed by atoms with Gasteiger partial charge in [-0.25, -0.2) is 4.98 Å². The lowest BCUT2D eigenvalue weighted by atomic mass is 9.79. The van der Waals surface area contributed by atoms with Crippen LogP contribution in [-0.4, -0.2) is 56.8 Å². The Morgan fingerprint density at radius 1 is 1.31 bits per heavy atom. The highest BCUT2D eigenvalue weighted by Gasteiger charge is 2.34. The Bertz CT molecular complexity index is 1140. The fourth-order valence-corrected chi connectivity index (χ4v) is 4.87. The lowest BCUT2D eigenvalue weighted by Crippen LogP contribution is -2.45. The van der Waals surface area contributed by atoms with E-state index >= 15 is 0 Å². The SMILES string of the molecule is CCC(CC(F)(F)F)Nc1cc(OC(F)F)c(-c2c(Cl)c(C(=O)NCC3(O)CCC(C)CC3)nn2CC)cn1. The normalized spacial score (nSPS) is 20.6. The molecule has 1 amide bonds. The molecule has 1 aliphatic rings. The lowest BCUT2D eigenvalue weighted by Gasteiger charge is -2.34. The van der Waals surface area contributed by atoms with E-state index < -0.39 is 42.5 Å². The second kappa shape index (κ2) is 12.7. The molecule has 3 rings (SSSR count). The quantitative estimate of drug-likeness (QED) is 0.280. The van der Waals surface area contributed by atoms with E-state index in [4.69, 9.17) is 11.6 Å². The van der Waals surface area contributed by atoms with Gasteiger partial charge in [0.15, 0.2) is 5.69 Å². The summed E-state index contributed by atoms with van der Waals surface area (Å²) < 4.78 is 71.2. The zero-order valence-electron chi connectivity index (χ0n) is 21.9. The summed E-state index contributed by atoms with van der Waals surface area (Å²) in [4.78, 5) is 17.0. The number of aromatic nitrogens is 3. The van der Waals surface area contributed by atoms with E-state index in [2.05, 4.69) is 32.4 Å². The van der Waals surface area contributed by atoms with Gasteiger partial charge < -0.3 is 20.5 Å². The Morgan fingerprint density at radius 3 is 2.54 bits per heavy atom. The van der Waals surface area contributed by atoms with Crippen LogP contribution in [0.2, 0.25) is 5.02 Å². The van der Waals surface area contributed by atoms with E-state index in [0.29, 0.717) is 18.8 Å². The first kappa shape index (κ1) is 30.9. The summed E-state index contributed by atoms with van der Waals surface area (Å²) in [6.45, 7) is 2.29. The number of ether oxygens (including phenoxy) is 1. The summed E-state index contributed by atoms with van der Waals surface area (Å²) in [5, 5.41) is 20.1. The molecule has 0 bridgehead atoms. The fraction of sp³-hybridized carbons (Fsp3) is 0.640. The number of amides is 1. The minimum absolute atomic E-state index is 0.00138. The van der Waals surface area contributed by atoms with Crippen molar-refractivity contribution in [3.63, 3.8) is 0 Å². The maximum Gasteiger partial charge on any atom is 0.391 e. The van der Waals surface area contributed by atoms with Crippen LogP contribution in [0.4, 0.5) is 27.8 Å². The summed E-state index contributed by atoms with van der Waals surface area (Å²) >= 11 is 6.52. The number of aliphatic hydroxyl groups is 1. The first-order valence-corrected chi connectivity index (χ1v) is 13.2. The highest BCUT2D eigenvalue weighted by molar-refractivity contribution is 6.36. The van der Waals surface area contributed by atoms with Crippen molar-refractivity contribution in [2.45, 2.75) is 90.3 Å². The number of alkyl halides is 5. The van der Waals surface area contributed by atoms with Crippen LogP contribution in [0.1, 0.15) is 69.8 Å². The average molecular weight is 582 g/mol. The van der Waals surface area contributed by atoms with Crippen LogP contribution < -0.4 is 15.4 Å². The molecule has 0 aliphatic heterocycles. The monoisotopic (exact) mass is 581 g/mol. The van der Waals surface area contributed by atoms with Gasteiger partial charge in [-0.05, 0) is 44.9 Å².